The van der Waals surface area contributed by atoms with Crippen molar-refractivity contribution in [2.24, 2.45) is 0 Å². The molecular formula is C16H14FN3O3S. The molecule has 0 saturated carbocycles. The molecule has 0 bridgehead atoms. The lowest BCUT2D eigenvalue weighted by Gasteiger charge is -2.08. The Morgan fingerprint density at radius 3 is 2.83 bits per heavy atom. The van der Waals surface area contributed by atoms with Gasteiger partial charge in [0.25, 0.3) is 0 Å². The van der Waals surface area contributed by atoms with E-state index in [4.69, 9.17) is 9.15 Å². The zero-order chi connectivity index (χ0) is 16.9. The third kappa shape index (κ3) is 3.48. The third-order valence-electron chi connectivity index (χ3n) is 3.21. The Morgan fingerprint density at radius 2 is 2.12 bits per heavy atom. The van der Waals surface area contributed by atoms with E-state index in [0.29, 0.717) is 28.9 Å². The summed E-state index contributed by atoms with van der Waals surface area (Å²) in [6.07, 6.45) is 0.641. The summed E-state index contributed by atoms with van der Waals surface area (Å²) in [6, 6.07) is 9.47. The second-order valence-electron chi connectivity index (χ2n) is 4.74. The zero-order valence-electron chi connectivity index (χ0n) is 12.8. The Kier molecular flexibility index (Phi) is 4.95. The number of ether oxygens (including phenoxy) is 1. The van der Waals surface area contributed by atoms with Gasteiger partial charge in [0.1, 0.15) is 6.61 Å². The van der Waals surface area contributed by atoms with Gasteiger partial charge in [0.05, 0.1) is 0 Å². The summed E-state index contributed by atoms with van der Waals surface area (Å²) in [4.78, 5) is 10.7. The van der Waals surface area contributed by atoms with Crippen LogP contribution in [0.5, 0.6) is 5.75 Å². The van der Waals surface area contributed by atoms with Crippen molar-refractivity contribution in [3.05, 3.63) is 53.8 Å². The molecule has 24 heavy (non-hydrogen) atoms. The molecule has 0 aliphatic rings. The second-order valence-corrected chi connectivity index (χ2v) is 5.71. The van der Waals surface area contributed by atoms with Gasteiger partial charge in [0, 0.05) is 6.54 Å². The Morgan fingerprint density at radius 1 is 1.29 bits per heavy atom. The van der Waals surface area contributed by atoms with Gasteiger partial charge >= 0.3 is 0 Å². The monoisotopic (exact) mass is 347 g/mol. The molecule has 0 saturated heterocycles. The molecule has 2 aromatic heterocycles. The lowest BCUT2D eigenvalue weighted by molar-refractivity contribution is 0.109. The van der Waals surface area contributed by atoms with Crippen LogP contribution in [-0.2, 0) is 13.2 Å². The van der Waals surface area contributed by atoms with Crippen molar-refractivity contribution < 1.29 is 18.3 Å². The molecule has 3 rings (SSSR count). The number of benzene rings is 1. The average Bonchev–Trinajstić information content (AvgIpc) is 3.21. The first kappa shape index (κ1) is 16.3. The van der Waals surface area contributed by atoms with Crippen molar-refractivity contribution in [2.75, 3.05) is 0 Å². The molecule has 0 aliphatic carbocycles. The van der Waals surface area contributed by atoms with Gasteiger partial charge in [-0.1, -0.05) is 12.1 Å². The van der Waals surface area contributed by atoms with Crippen molar-refractivity contribution in [3.63, 3.8) is 0 Å². The summed E-state index contributed by atoms with van der Waals surface area (Å²) >= 11 is 1.25. The van der Waals surface area contributed by atoms with E-state index in [2.05, 4.69) is 10.2 Å². The van der Waals surface area contributed by atoms with E-state index in [9.17, 15) is 9.18 Å². The van der Waals surface area contributed by atoms with E-state index >= 15 is 0 Å². The highest BCUT2D eigenvalue weighted by Gasteiger charge is 2.15. The number of carbonyl (C=O) groups excluding carboxylic acids is 1. The summed E-state index contributed by atoms with van der Waals surface area (Å²) in [5.74, 6) is 0.569. The number of furan rings is 1. The predicted octanol–water partition coefficient (Wildman–Crippen LogP) is 3.57. The summed E-state index contributed by atoms with van der Waals surface area (Å²) in [6.45, 7) is 2.66. The van der Waals surface area contributed by atoms with Crippen molar-refractivity contribution in [2.45, 2.75) is 30.3 Å². The number of rotatable bonds is 7. The normalized spacial score (nSPS) is 10.8. The van der Waals surface area contributed by atoms with Crippen LogP contribution in [0.2, 0.25) is 0 Å². The summed E-state index contributed by atoms with van der Waals surface area (Å²) in [7, 11) is 0. The van der Waals surface area contributed by atoms with E-state index in [1.54, 1.807) is 30.3 Å². The van der Waals surface area contributed by atoms with E-state index < -0.39 is 5.82 Å². The number of carbonyl (C=O) groups is 1. The Hall–Kier alpha value is -2.61. The highest BCUT2D eigenvalue weighted by atomic mass is 32.2. The molecule has 0 atom stereocenters. The third-order valence-corrected chi connectivity index (χ3v) is 4.12. The largest absolute Gasteiger partial charge is 0.483 e. The predicted molar refractivity (Wildman–Crippen MR) is 84.6 cm³/mol. The van der Waals surface area contributed by atoms with Crippen LogP contribution in [0, 0.1) is 5.82 Å². The maximum absolute atomic E-state index is 13.6. The minimum atomic E-state index is -0.424. The van der Waals surface area contributed by atoms with Crippen LogP contribution in [0.25, 0.3) is 0 Å². The van der Waals surface area contributed by atoms with E-state index in [-0.39, 0.29) is 18.1 Å². The van der Waals surface area contributed by atoms with Gasteiger partial charge in [-0.25, -0.2) is 4.39 Å². The maximum atomic E-state index is 13.6. The van der Waals surface area contributed by atoms with Gasteiger partial charge in [0.2, 0.25) is 0 Å². The molecule has 1 aromatic carbocycles. The molecule has 0 radical (unpaired) electrons. The highest BCUT2D eigenvalue weighted by molar-refractivity contribution is 7.99. The first-order valence-corrected chi connectivity index (χ1v) is 8.05. The number of aldehydes is 1. The van der Waals surface area contributed by atoms with Crippen LogP contribution < -0.4 is 4.74 Å². The molecule has 8 heteroatoms. The Labute approximate surface area is 141 Å². The minimum absolute atomic E-state index is 0.0973. The molecular weight excluding hydrogens is 333 g/mol. The Bertz CT molecular complexity index is 847. The second kappa shape index (κ2) is 7.31. The molecule has 2 heterocycles. The molecule has 0 N–H and O–H groups in total. The van der Waals surface area contributed by atoms with E-state index in [1.165, 1.54) is 17.8 Å². The van der Waals surface area contributed by atoms with Crippen LogP contribution in [0.15, 0.2) is 51.1 Å². The number of nitrogens with zero attached hydrogens (tertiary/aromatic N) is 3. The number of hydrogen-bond acceptors (Lipinski definition) is 6. The van der Waals surface area contributed by atoms with Crippen LogP contribution in [-0.4, -0.2) is 21.1 Å². The summed E-state index contributed by atoms with van der Waals surface area (Å²) in [5, 5.41) is 9.34. The summed E-state index contributed by atoms with van der Waals surface area (Å²) in [5.41, 5.74) is 0. The zero-order valence-corrected chi connectivity index (χ0v) is 13.6. The fourth-order valence-electron chi connectivity index (χ4n) is 2.07. The number of halogens is 1. The van der Waals surface area contributed by atoms with Gasteiger partial charge in [0.15, 0.2) is 39.7 Å². The van der Waals surface area contributed by atoms with Crippen LogP contribution in [0.3, 0.4) is 0 Å². The SMILES string of the molecule is CCn1c(COc2ccccc2F)nnc1Sc1ccc(C=O)o1. The number of aromatic nitrogens is 3. The number of para-hydroxylation sites is 1. The number of hydrogen-bond donors (Lipinski definition) is 0. The average molecular weight is 347 g/mol. The molecule has 0 unspecified atom stereocenters. The van der Waals surface area contributed by atoms with Gasteiger partial charge in [-0.15, -0.1) is 10.2 Å². The van der Waals surface area contributed by atoms with Gasteiger partial charge < -0.3 is 13.7 Å². The van der Waals surface area contributed by atoms with Crippen molar-refractivity contribution in [1.82, 2.24) is 14.8 Å². The molecule has 6 nitrogen and oxygen atoms in total. The molecule has 0 fully saturated rings. The Balaban J connectivity index is 1.74. The molecule has 3 aromatic rings. The lowest BCUT2D eigenvalue weighted by Crippen LogP contribution is -2.07. The quantitative estimate of drug-likeness (QED) is 0.609. The summed E-state index contributed by atoms with van der Waals surface area (Å²) < 4.78 is 26.2. The topological polar surface area (TPSA) is 70.2 Å². The maximum Gasteiger partial charge on any atom is 0.199 e. The molecule has 124 valence electrons. The van der Waals surface area contributed by atoms with Gasteiger partial charge in [-0.05, 0) is 43.0 Å². The van der Waals surface area contributed by atoms with E-state index in [1.807, 2.05) is 11.5 Å². The highest BCUT2D eigenvalue weighted by Crippen LogP contribution is 2.28. The van der Waals surface area contributed by atoms with Crippen LogP contribution >= 0.6 is 11.8 Å². The van der Waals surface area contributed by atoms with Crippen LogP contribution in [0.4, 0.5) is 4.39 Å². The lowest BCUT2D eigenvalue weighted by atomic mass is 10.3. The van der Waals surface area contributed by atoms with E-state index in [0.717, 1.165) is 0 Å². The fraction of sp³-hybridized carbons (Fsp3) is 0.188. The van der Waals surface area contributed by atoms with Crippen molar-refractivity contribution >= 4 is 18.0 Å². The van der Waals surface area contributed by atoms with Gasteiger partial charge in [-0.2, -0.15) is 0 Å². The molecule has 0 aliphatic heterocycles. The smallest absolute Gasteiger partial charge is 0.199 e. The first-order chi connectivity index (χ1) is 11.7. The standard InChI is InChI=1S/C16H14FN3O3S/c1-2-20-14(10-22-13-6-4-3-5-12(13)17)18-19-16(20)24-15-8-7-11(9-21)23-15/h3-9H,2,10H2,1H3. The molecule has 0 amide bonds. The fourth-order valence-corrected chi connectivity index (χ4v) is 2.95. The first-order valence-electron chi connectivity index (χ1n) is 7.23. The van der Waals surface area contributed by atoms with Gasteiger partial charge in [-0.3, -0.25) is 4.79 Å². The molecule has 0 spiro atoms. The van der Waals surface area contributed by atoms with Crippen molar-refractivity contribution in [3.8, 4) is 5.75 Å². The van der Waals surface area contributed by atoms with Crippen LogP contribution in [0.1, 0.15) is 23.3 Å². The van der Waals surface area contributed by atoms with Crippen molar-refractivity contribution in [1.29, 1.82) is 0 Å². The minimum Gasteiger partial charge on any atom is -0.483 e.